The van der Waals surface area contributed by atoms with Gasteiger partial charge < -0.3 is 5.32 Å². The fraction of sp³-hybridized carbons (Fsp3) is 0.385. The molecule has 96 valence electrons. The number of halogens is 1. The number of fused-ring (bicyclic) bond motifs is 1. The van der Waals surface area contributed by atoms with Crippen LogP contribution in [0.25, 0.3) is 10.2 Å². The van der Waals surface area contributed by atoms with Crippen molar-refractivity contribution in [2.45, 2.75) is 32.1 Å². The number of thiazole rings is 1. The van der Waals surface area contributed by atoms with Crippen molar-refractivity contribution in [1.82, 2.24) is 4.98 Å². The molecule has 0 aliphatic rings. The minimum atomic E-state index is -0.553. The molecule has 1 heterocycles. The van der Waals surface area contributed by atoms with E-state index in [1.807, 2.05) is 6.07 Å². The maximum absolute atomic E-state index is 11.5. The van der Waals surface area contributed by atoms with Crippen molar-refractivity contribution in [2.75, 3.05) is 5.32 Å². The summed E-state index contributed by atoms with van der Waals surface area (Å²) >= 11 is 7.18. The van der Waals surface area contributed by atoms with Gasteiger partial charge in [-0.15, -0.1) is 11.6 Å². The van der Waals surface area contributed by atoms with E-state index in [-0.39, 0.29) is 5.91 Å². The Morgan fingerprint density at radius 1 is 1.39 bits per heavy atom. The Morgan fingerprint density at radius 3 is 2.72 bits per heavy atom. The van der Waals surface area contributed by atoms with Gasteiger partial charge in [0.05, 0.1) is 10.2 Å². The lowest BCUT2D eigenvalue weighted by Crippen LogP contribution is -2.19. The highest BCUT2D eigenvalue weighted by Crippen LogP contribution is 2.29. The molecule has 1 atom stereocenters. The van der Waals surface area contributed by atoms with Gasteiger partial charge in [0, 0.05) is 0 Å². The second-order valence-corrected chi connectivity index (χ2v) is 6.19. The lowest BCUT2D eigenvalue weighted by atomic mass is 10.0. The van der Waals surface area contributed by atoms with E-state index in [9.17, 15) is 4.79 Å². The second-order valence-electron chi connectivity index (χ2n) is 4.51. The normalized spacial score (nSPS) is 12.9. The zero-order valence-corrected chi connectivity index (χ0v) is 12.1. The first kappa shape index (κ1) is 13.3. The standard InChI is InChI=1S/C13H15ClN2OS/c1-7(2)9-4-5-10-11(6-9)18-13(15-10)16-12(17)8(3)14/h4-8H,1-3H3,(H,15,16,17)/t8-/m0/s1. The summed E-state index contributed by atoms with van der Waals surface area (Å²) in [7, 11) is 0. The lowest BCUT2D eigenvalue weighted by Gasteiger charge is -2.03. The van der Waals surface area contributed by atoms with Crippen molar-refractivity contribution in [3.63, 3.8) is 0 Å². The van der Waals surface area contributed by atoms with Gasteiger partial charge in [0.25, 0.3) is 0 Å². The Morgan fingerprint density at radius 2 is 2.11 bits per heavy atom. The molecule has 0 fully saturated rings. The summed E-state index contributed by atoms with van der Waals surface area (Å²) in [5.74, 6) is 0.261. The number of benzene rings is 1. The van der Waals surface area contributed by atoms with E-state index in [4.69, 9.17) is 11.6 Å². The largest absolute Gasteiger partial charge is 0.301 e. The number of rotatable bonds is 3. The molecule has 1 N–H and O–H groups in total. The number of hydrogen-bond donors (Lipinski definition) is 1. The van der Waals surface area contributed by atoms with Gasteiger partial charge in [0.15, 0.2) is 5.13 Å². The van der Waals surface area contributed by atoms with E-state index >= 15 is 0 Å². The van der Waals surface area contributed by atoms with Crippen LogP contribution in [0, 0.1) is 0 Å². The van der Waals surface area contributed by atoms with Crippen LogP contribution < -0.4 is 5.32 Å². The van der Waals surface area contributed by atoms with Crippen LogP contribution in [0.15, 0.2) is 18.2 Å². The number of amides is 1. The fourth-order valence-electron chi connectivity index (χ4n) is 1.56. The Hall–Kier alpha value is -1.13. The number of alkyl halides is 1. The molecular formula is C13H15ClN2OS. The molecule has 1 aromatic carbocycles. The van der Waals surface area contributed by atoms with E-state index in [0.29, 0.717) is 11.0 Å². The van der Waals surface area contributed by atoms with Crippen molar-refractivity contribution in [2.24, 2.45) is 0 Å². The summed E-state index contributed by atoms with van der Waals surface area (Å²) in [5.41, 5.74) is 2.18. The number of carbonyl (C=O) groups excluding carboxylic acids is 1. The smallest absolute Gasteiger partial charge is 0.243 e. The van der Waals surface area contributed by atoms with Crippen LogP contribution in [0.4, 0.5) is 5.13 Å². The number of nitrogens with one attached hydrogen (secondary N) is 1. The molecule has 1 amide bonds. The molecule has 18 heavy (non-hydrogen) atoms. The van der Waals surface area contributed by atoms with Crippen LogP contribution in [-0.4, -0.2) is 16.3 Å². The van der Waals surface area contributed by atoms with Crippen LogP contribution in [0.1, 0.15) is 32.3 Å². The summed E-state index contributed by atoms with van der Waals surface area (Å²) in [6.07, 6.45) is 0. The Balaban J connectivity index is 2.30. The molecule has 2 rings (SSSR count). The zero-order chi connectivity index (χ0) is 13.3. The molecule has 0 saturated heterocycles. The van der Waals surface area contributed by atoms with E-state index in [0.717, 1.165) is 10.2 Å². The maximum atomic E-state index is 11.5. The summed E-state index contributed by atoms with van der Waals surface area (Å²) in [6, 6.07) is 6.18. The predicted molar refractivity (Wildman–Crippen MR) is 77.7 cm³/mol. The SMILES string of the molecule is CC(C)c1ccc2nc(NC(=O)[C@H](C)Cl)sc2c1. The third-order valence-corrected chi connectivity index (χ3v) is 3.80. The van der Waals surface area contributed by atoms with Crippen molar-refractivity contribution in [3.8, 4) is 0 Å². The average Bonchev–Trinajstić information content (AvgIpc) is 2.69. The quantitative estimate of drug-likeness (QED) is 0.865. The van der Waals surface area contributed by atoms with Gasteiger partial charge in [-0.1, -0.05) is 31.3 Å². The van der Waals surface area contributed by atoms with Crippen LogP contribution in [0.5, 0.6) is 0 Å². The van der Waals surface area contributed by atoms with Crippen molar-refractivity contribution < 1.29 is 4.79 Å². The molecule has 0 saturated carbocycles. The predicted octanol–water partition coefficient (Wildman–Crippen LogP) is 3.99. The molecule has 3 nitrogen and oxygen atoms in total. The Kier molecular flexibility index (Phi) is 3.88. The van der Waals surface area contributed by atoms with Gasteiger partial charge in [0.2, 0.25) is 5.91 Å². The third-order valence-electron chi connectivity index (χ3n) is 2.67. The van der Waals surface area contributed by atoms with Gasteiger partial charge in [-0.2, -0.15) is 0 Å². The second kappa shape index (κ2) is 5.24. The van der Waals surface area contributed by atoms with Crippen LogP contribution in [0.3, 0.4) is 0 Å². The molecule has 0 spiro atoms. The zero-order valence-electron chi connectivity index (χ0n) is 10.5. The number of hydrogen-bond acceptors (Lipinski definition) is 3. The molecule has 2 aromatic rings. The third kappa shape index (κ3) is 2.82. The van der Waals surface area contributed by atoms with Crippen LogP contribution >= 0.6 is 22.9 Å². The van der Waals surface area contributed by atoms with E-state index in [1.54, 1.807) is 6.92 Å². The summed E-state index contributed by atoms with van der Waals surface area (Å²) in [4.78, 5) is 15.9. The van der Waals surface area contributed by atoms with Crippen molar-refractivity contribution >= 4 is 44.2 Å². The van der Waals surface area contributed by atoms with E-state index in [1.165, 1.54) is 16.9 Å². The van der Waals surface area contributed by atoms with Crippen LogP contribution in [-0.2, 0) is 4.79 Å². The van der Waals surface area contributed by atoms with Crippen molar-refractivity contribution in [1.29, 1.82) is 0 Å². The highest BCUT2D eigenvalue weighted by molar-refractivity contribution is 7.22. The number of carbonyl (C=O) groups is 1. The first-order valence-corrected chi connectivity index (χ1v) is 7.08. The molecule has 0 unspecified atom stereocenters. The summed E-state index contributed by atoms with van der Waals surface area (Å²) in [5, 5.41) is 2.76. The first-order valence-electron chi connectivity index (χ1n) is 5.83. The van der Waals surface area contributed by atoms with Crippen molar-refractivity contribution in [3.05, 3.63) is 23.8 Å². The topological polar surface area (TPSA) is 42.0 Å². The van der Waals surface area contributed by atoms with Gasteiger partial charge in [-0.25, -0.2) is 4.98 Å². The van der Waals surface area contributed by atoms with Gasteiger partial charge in [0.1, 0.15) is 5.38 Å². The van der Waals surface area contributed by atoms with E-state index < -0.39 is 5.38 Å². The highest BCUT2D eigenvalue weighted by Gasteiger charge is 2.12. The molecular weight excluding hydrogens is 268 g/mol. The van der Waals surface area contributed by atoms with Crippen LogP contribution in [0.2, 0.25) is 0 Å². The molecule has 0 aliphatic heterocycles. The highest BCUT2D eigenvalue weighted by atomic mass is 35.5. The minimum absolute atomic E-state index is 0.222. The fourth-order valence-corrected chi connectivity index (χ4v) is 2.53. The molecule has 1 aromatic heterocycles. The number of aromatic nitrogens is 1. The average molecular weight is 283 g/mol. The minimum Gasteiger partial charge on any atom is -0.301 e. The van der Waals surface area contributed by atoms with Gasteiger partial charge in [-0.3, -0.25) is 4.79 Å². The maximum Gasteiger partial charge on any atom is 0.243 e. The monoisotopic (exact) mass is 282 g/mol. The summed E-state index contributed by atoms with van der Waals surface area (Å²) < 4.78 is 1.08. The molecule has 0 bridgehead atoms. The Bertz CT molecular complexity index is 577. The van der Waals surface area contributed by atoms with Gasteiger partial charge >= 0.3 is 0 Å². The van der Waals surface area contributed by atoms with E-state index in [2.05, 4.69) is 36.3 Å². The summed E-state index contributed by atoms with van der Waals surface area (Å²) in [6.45, 7) is 5.95. The Labute approximate surface area is 115 Å². The molecule has 0 radical (unpaired) electrons. The molecule has 0 aliphatic carbocycles. The first-order chi connectivity index (χ1) is 8.47. The molecule has 5 heteroatoms. The van der Waals surface area contributed by atoms with Gasteiger partial charge in [-0.05, 0) is 30.5 Å². The lowest BCUT2D eigenvalue weighted by molar-refractivity contribution is -0.115. The number of nitrogens with zero attached hydrogens (tertiary/aromatic N) is 1. The number of anilines is 1.